The van der Waals surface area contributed by atoms with Crippen LogP contribution in [-0.4, -0.2) is 22.8 Å². The highest BCUT2D eigenvalue weighted by atomic mass is 15.1. The fraction of sp³-hybridized carbons (Fsp3) is 0.800. The molecule has 1 aliphatic rings. The summed E-state index contributed by atoms with van der Waals surface area (Å²) < 4.78 is 0. The summed E-state index contributed by atoms with van der Waals surface area (Å²) in [5, 5.41) is 10.8. The first-order valence-electron chi connectivity index (χ1n) is 7.40. The molecule has 0 radical (unpaired) electrons. The average molecular weight is 249 g/mol. The SMILES string of the molecule is Cc1[nH]ncc1CCCNC1C(C)CCCC1C. The molecule has 3 nitrogen and oxygen atoms in total. The van der Waals surface area contributed by atoms with Crippen LogP contribution in [0.3, 0.4) is 0 Å². The van der Waals surface area contributed by atoms with Crippen LogP contribution in [0.2, 0.25) is 0 Å². The second-order valence-electron chi connectivity index (χ2n) is 5.99. The zero-order valence-electron chi connectivity index (χ0n) is 12.0. The summed E-state index contributed by atoms with van der Waals surface area (Å²) in [6, 6.07) is 0.726. The summed E-state index contributed by atoms with van der Waals surface area (Å²) in [6.45, 7) is 8.02. The Balaban J connectivity index is 1.70. The first kappa shape index (κ1) is 13.6. The van der Waals surface area contributed by atoms with Gasteiger partial charge in [-0.25, -0.2) is 0 Å². The molecule has 3 heteroatoms. The topological polar surface area (TPSA) is 40.7 Å². The van der Waals surface area contributed by atoms with Crippen molar-refractivity contribution in [2.45, 2.75) is 58.9 Å². The van der Waals surface area contributed by atoms with Crippen LogP contribution in [0, 0.1) is 18.8 Å². The fourth-order valence-corrected chi connectivity index (χ4v) is 3.26. The maximum absolute atomic E-state index is 4.07. The molecule has 0 aliphatic heterocycles. The van der Waals surface area contributed by atoms with Gasteiger partial charge in [-0.2, -0.15) is 5.10 Å². The van der Waals surface area contributed by atoms with Crippen molar-refractivity contribution in [1.29, 1.82) is 0 Å². The predicted molar refractivity (Wildman–Crippen MR) is 75.6 cm³/mol. The van der Waals surface area contributed by atoms with Gasteiger partial charge >= 0.3 is 0 Å². The van der Waals surface area contributed by atoms with Crippen LogP contribution in [0.5, 0.6) is 0 Å². The van der Waals surface area contributed by atoms with E-state index in [1.54, 1.807) is 0 Å². The summed E-state index contributed by atoms with van der Waals surface area (Å²) in [6.07, 6.45) is 8.49. The van der Waals surface area contributed by atoms with Gasteiger partial charge < -0.3 is 5.32 Å². The van der Waals surface area contributed by atoms with Gasteiger partial charge in [0.2, 0.25) is 0 Å². The van der Waals surface area contributed by atoms with Gasteiger partial charge in [0.05, 0.1) is 6.20 Å². The minimum Gasteiger partial charge on any atom is -0.313 e. The van der Waals surface area contributed by atoms with Gasteiger partial charge in [-0.3, -0.25) is 5.10 Å². The molecule has 18 heavy (non-hydrogen) atoms. The standard InChI is InChI=1S/C15H27N3/c1-11-6-4-7-12(2)15(11)16-9-5-8-14-10-17-18-13(14)3/h10-12,15-16H,4-9H2,1-3H3,(H,17,18). The van der Waals surface area contributed by atoms with Crippen LogP contribution in [0.25, 0.3) is 0 Å². The maximum Gasteiger partial charge on any atom is 0.0522 e. The fourth-order valence-electron chi connectivity index (χ4n) is 3.26. The third-order valence-corrected chi connectivity index (χ3v) is 4.48. The van der Waals surface area contributed by atoms with E-state index in [2.05, 4.69) is 36.3 Å². The Morgan fingerprint density at radius 2 is 2.06 bits per heavy atom. The summed E-state index contributed by atoms with van der Waals surface area (Å²) in [7, 11) is 0. The lowest BCUT2D eigenvalue weighted by Crippen LogP contribution is -2.43. The van der Waals surface area contributed by atoms with E-state index >= 15 is 0 Å². The van der Waals surface area contributed by atoms with Crippen molar-refractivity contribution >= 4 is 0 Å². The van der Waals surface area contributed by atoms with Crippen molar-refractivity contribution in [3.05, 3.63) is 17.5 Å². The van der Waals surface area contributed by atoms with E-state index in [0.717, 1.165) is 30.8 Å². The molecule has 1 fully saturated rings. The molecular formula is C15H27N3. The molecule has 0 aromatic carbocycles. The molecule has 1 aliphatic carbocycles. The van der Waals surface area contributed by atoms with Crippen molar-refractivity contribution in [2.75, 3.05) is 6.54 Å². The first-order chi connectivity index (χ1) is 8.68. The molecule has 0 saturated heterocycles. The Hall–Kier alpha value is -0.830. The van der Waals surface area contributed by atoms with Gasteiger partial charge in [-0.1, -0.05) is 20.3 Å². The second-order valence-corrected chi connectivity index (χ2v) is 5.99. The largest absolute Gasteiger partial charge is 0.313 e. The van der Waals surface area contributed by atoms with Gasteiger partial charge in [0.15, 0.2) is 0 Å². The lowest BCUT2D eigenvalue weighted by atomic mass is 9.79. The molecule has 2 unspecified atom stereocenters. The van der Waals surface area contributed by atoms with E-state index in [1.165, 1.54) is 36.9 Å². The van der Waals surface area contributed by atoms with Crippen molar-refractivity contribution < 1.29 is 0 Å². The van der Waals surface area contributed by atoms with Crippen LogP contribution in [-0.2, 0) is 6.42 Å². The lowest BCUT2D eigenvalue weighted by molar-refractivity contribution is 0.209. The quantitative estimate of drug-likeness (QED) is 0.787. The van der Waals surface area contributed by atoms with Crippen molar-refractivity contribution in [2.24, 2.45) is 11.8 Å². The number of nitrogens with zero attached hydrogens (tertiary/aromatic N) is 1. The monoisotopic (exact) mass is 249 g/mol. The molecule has 1 heterocycles. The van der Waals surface area contributed by atoms with Crippen LogP contribution in [0.4, 0.5) is 0 Å². The number of aromatic amines is 1. The molecule has 1 aromatic rings. The normalized spacial score (nSPS) is 28.5. The Morgan fingerprint density at radius 1 is 1.33 bits per heavy atom. The van der Waals surface area contributed by atoms with E-state index in [9.17, 15) is 0 Å². The predicted octanol–water partition coefficient (Wildman–Crippen LogP) is 3.07. The van der Waals surface area contributed by atoms with Gasteiger partial charge in [0.25, 0.3) is 0 Å². The van der Waals surface area contributed by atoms with Gasteiger partial charge in [0, 0.05) is 11.7 Å². The minimum absolute atomic E-state index is 0.726. The van der Waals surface area contributed by atoms with Crippen molar-refractivity contribution in [3.8, 4) is 0 Å². The summed E-state index contributed by atoms with van der Waals surface area (Å²) >= 11 is 0. The van der Waals surface area contributed by atoms with Gasteiger partial charge in [-0.05, 0) is 56.6 Å². The van der Waals surface area contributed by atoms with Crippen molar-refractivity contribution in [3.63, 3.8) is 0 Å². The number of hydrogen-bond acceptors (Lipinski definition) is 2. The zero-order valence-corrected chi connectivity index (χ0v) is 12.0. The van der Waals surface area contributed by atoms with E-state index in [1.807, 2.05) is 6.20 Å². The second kappa shape index (κ2) is 6.37. The molecule has 2 atom stereocenters. The highest BCUT2D eigenvalue weighted by molar-refractivity contribution is 5.14. The molecule has 1 aromatic heterocycles. The number of hydrogen-bond donors (Lipinski definition) is 2. The molecule has 2 N–H and O–H groups in total. The summed E-state index contributed by atoms with van der Waals surface area (Å²) in [5.74, 6) is 1.67. The number of nitrogens with one attached hydrogen (secondary N) is 2. The average Bonchev–Trinajstić information content (AvgIpc) is 2.73. The highest BCUT2D eigenvalue weighted by Gasteiger charge is 2.26. The number of aryl methyl sites for hydroxylation is 2. The Bertz CT molecular complexity index is 348. The zero-order chi connectivity index (χ0) is 13.0. The van der Waals surface area contributed by atoms with Gasteiger partial charge in [-0.15, -0.1) is 0 Å². The number of aromatic nitrogens is 2. The van der Waals surface area contributed by atoms with Crippen molar-refractivity contribution in [1.82, 2.24) is 15.5 Å². The van der Waals surface area contributed by atoms with E-state index < -0.39 is 0 Å². The molecule has 2 rings (SSSR count). The Morgan fingerprint density at radius 3 is 2.67 bits per heavy atom. The van der Waals surface area contributed by atoms with Crippen LogP contribution >= 0.6 is 0 Å². The lowest BCUT2D eigenvalue weighted by Gasteiger charge is -2.35. The third kappa shape index (κ3) is 3.35. The van der Waals surface area contributed by atoms with E-state index in [-0.39, 0.29) is 0 Å². The molecule has 0 amide bonds. The molecule has 1 saturated carbocycles. The smallest absolute Gasteiger partial charge is 0.0522 e. The van der Waals surface area contributed by atoms with Crippen LogP contribution in [0.15, 0.2) is 6.20 Å². The minimum atomic E-state index is 0.726. The molecule has 0 spiro atoms. The highest BCUT2D eigenvalue weighted by Crippen LogP contribution is 2.28. The summed E-state index contributed by atoms with van der Waals surface area (Å²) in [4.78, 5) is 0. The van der Waals surface area contributed by atoms with E-state index in [0.29, 0.717) is 0 Å². The summed E-state index contributed by atoms with van der Waals surface area (Å²) in [5.41, 5.74) is 2.58. The first-order valence-corrected chi connectivity index (χ1v) is 7.40. The molecule has 0 bridgehead atoms. The maximum atomic E-state index is 4.07. The Kier molecular flexibility index (Phi) is 4.81. The molecular weight excluding hydrogens is 222 g/mol. The third-order valence-electron chi connectivity index (χ3n) is 4.48. The van der Waals surface area contributed by atoms with E-state index in [4.69, 9.17) is 0 Å². The van der Waals surface area contributed by atoms with Gasteiger partial charge in [0.1, 0.15) is 0 Å². The number of rotatable bonds is 5. The Labute approximate surface area is 111 Å². The molecule has 102 valence electrons. The number of H-pyrrole nitrogens is 1. The van der Waals surface area contributed by atoms with Crippen LogP contribution < -0.4 is 5.32 Å². The van der Waals surface area contributed by atoms with Crippen LogP contribution in [0.1, 0.15) is 50.8 Å².